The summed E-state index contributed by atoms with van der Waals surface area (Å²) >= 11 is 0. The fourth-order valence-corrected chi connectivity index (χ4v) is 1.82. The number of anilines is 2. The molecule has 0 radical (unpaired) electrons. The van der Waals surface area contributed by atoms with Gasteiger partial charge < -0.3 is 5.73 Å². The molecule has 0 saturated heterocycles. The molecule has 0 bridgehead atoms. The first kappa shape index (κ1) is 9.53. The van der Waals surface area contributed by atoms with Crippen molar-refractivity contribution >= 4 is 17.3 Å². The summed E-state index contributed by atoms with van der Waals surface area (Å²) < 4.78 is 0. The van der Waals surface area contributed by atoms with E-state index in [2.05, 4.69) is 0 Å². The molecule has 1 aromatic carbocycles. The molecule has 1 aromatic rings. The predicted octanol–water partition coefficient (Wildman–Crippen LogP) is 1.07. The number of rotatable bonds is 1. The molecule has 1 aliphatic heterocycles. The summed E-state index contributed by atoms with van der Waals surface area (Å²) in [6.07, 6.45) is 1.17. The van der Waals surface area contributed by atoms with E-state index in [9.17, 15) is 4.79 Å². The largest absolute Gasteiger partial charge is 0.399 e. The summed E-state index contributed by atoms with van der Waals surface area (Å²) in [5.74, 6) is 0.00817. The maximum atomic E-state index is 11.6. The van der Waals surface area contributed by atoms with Gasteiger partial charge in [-0.25, -0.2) is 0 Å². The minimum Gasteiger partial charge on any atom is -0.399 e. The number of carbonyl (C=O) groups excluding carboxylic acids is 1. The molecule has 4 heteroatoms. The number of nitrogens with two attached hydrogens (primary N) is 1. The van der Waals surface area contributed by atoms with E-state index in [1.807, 2.05) is 12.1 Å². The standard InChI is InChI=1S/C11H11N3O/c12-5-6-14-10-3-2-9(13)7-8(10)1-4-11(14)15/h2-3,7H,1,4,6,13H2. The van der Waals surface area contributed by atoms with Crippen LogP contribution in [0.3, 0.4) is 0 Å². The van der Waals surface area contributed by atoms with E-state index in [0.29, 0.717) is 18.5 Å². The van der Waals surface area contributed by atoms with Crippen molar-refractivity contribution in [2.45, 2.75) is 12.8 Å². The first-order valence-corrected chi connectivity index (χ1v) is 4.78. The highest BCUT2D eigenvalue weighted by molar-refractivity contribution is 5.97. The van der Waals surface area contributed by atoms with Gasteiger partial charge in [-0.2, -0.15) is 5.26 Å². The van der Waals surface area contributed by atoms with Gasteiger partial charge in [0.05, 0.1) is 6.07 Å². The Kier molecular flexibility index (Phi) is 2.30. The van der Waals surface area contributed by atoms with E-state index in [1.54, 1.807) is 12.1 Å². The van der Waals surface area contributed by atoms with Crippen molar-refractivity contribution in [3.05, 3.63) is 23.8 Å². The highest BCUT2D eigenvalue weighted by Gasteiger charge is 2.23. The number of fused-ring (bicyclic) bond motifs is 1. The van der Waals surface area contributed by atoms with E-state index in [-0.39, 0.29) is 12.5 Å². The average Bonchev–Trinajstić information content (AvgIpc) is 2.22. The van der Waals surface area contributed by atoms with Crippen LogP contribution < -0.4 is 10.6 Å². The van der Waals surface area contributed by atoms with Gasteiger partial charge in [-0.1, -0.05) is 0 Å². The van der Waals surface area contributed by atoms with Crippen LogP contribution in [-0.4, -0.2) is 12.5 Å². The summed E-state index contributed by atoms with van der Waals surface area (Å²) in [4.78, 5) is 13.1. The van der Waals surface area contributed by atoms with Gasteiger partial charge in [0.2, 0.25) is 5.91 Å². The molecule has 15 heavy (non-hydrogen) atoms. The number of hydrogen-bond donors (Lipinski definition) is 1. The van der Waals surface area contributed by atoms with Crippen molar-refractivity contribution in [1.29, 1.82) is 5.26 Å². The van der Waals surface area contributed by atoms with Gasteiger partial charge in [-0.05, 0) is 30.2 Å². The molecule has 2 rings (SSSR count). The molecule has 76 valence electrons. The Bertz CT molecular complexity index is 448. The lowest BCUT2D eigenvalue weighted by Gasteiger charge is -2.27. The van der Waals surface area contributed by atoms with Crippen molar-refractivity contribution in [2.24, 2.45) is 0 Å². The van der Waals surface area contributed by atoms with E-state index < -0.39 is 0 Å². The molecule has 0 aromatic heterocycles. The minimum absolute atomic E-state index is 0.00817. The van der Waals surface area contributed by atoms with Crippen molar-refractivity contribution in [2.75, 3.05) is 17.2 Å². The van der Waals surface area contributed by atoms with Gasteiger partial charge in [0.25, 0.3) is 0 Å². The quantitative estimate of drug-likeness (QED) is 0.545. The van der Waals surface area contributed by atoms with Crippen molar-refractivity contribution < 1.29 is 4.79 Å². The Balaban J connectivity index is 2.44. The Morgan fingerprint density at radius 1 is 1.47 bits per heavy atom. The highest BCUT2D eigenvalue weighted by Crippen LogP contribution is 2.28. The summed E-state index contributed by atoms with van der Waals surface area (Å²) in [5, 5.41) is 8.65. The zero-order valence-corrected chi connectivity index (χ0v) is 8.23. The summed E-state index contributed by atoms with van der Waals surface area (Å²) in [6.45, 7) is 0.107. The average molecular weight is 201 g/mol. The fourth-order valence-electron chi connectivity index (χ4n) is 1.82. The maximum absolute atomic E-state index is 11.6. The first-order valence-electron chi connectivity index (χ1n) is 4.78. The molecule has 4 nitrogen and oxygen atoms in total. The predicted molar refractivity (Wildman–Crippen MR) is 57.1 cm³/mol. The number of aryl methyl sites for hydroxylation is 1. The van der Waals surface area contributed by atoms with E-state index in [1.165, 1.54) is 4.90 Å². The van der Waals surface area contributed by atoms with Gasteiger partial charge >= 0.3 is 0 Å². The van der Waals surface area contributed by atoms with Gasteiger partial charge in [0.15, 0.2) is 0 Å². The summed E-state index contributed by atoms with van der Waals surface area (Å²) in [6, 6.07) is 7.42. The van der Waals surface area contributed by atoms with Gasteiger partial charge in [0, 0.05) is 17.8 Å². The Morgan fingerprint density at radius 2 is 2.27 bits per heavy atom. The minimum atomic E-state index is 0.00817. The smallest absolute Gasteiger partial charge is 0.228 e. The molecule has 1 heterocycles. The molecule has 0 unspecified atom stereocenters. The molecule has 0 aliphatic carbocycles. The van der Waals surface area contributed by atoms with Crippen LogP contribution in [0.25, 0.3) is 0 Å². The third-order valence-electron chi connectivity index (χ3n) is 2.53. The van der Waals surface area contributed by atoms with E-state index >= 15 is 0 Å². The number of nitrogens with zero attached hydrogens (tertiary/aromatic N) is 2. The monoisotopic (exact) mass is 201 g/mol. The SMILES string of the molecule is N#CCN1C(=O)CCc2cc(N)ccc21. The normalized spacial score (nSPS) is 14.6. The molecular weight excluding hydrogens is 190 g/mol. The van der Waals surface area contributed by atoms with Crippen LogP contribution in [0.15, 0.2) is 18.2 Å². The number of nitriles is 1. The Morgan fingerprint density at radius 3 is 3.00 bits per heavy atom. The molecule has 0 saturated carbocycles. The molecular formula is C11H11N3O. The van der Waals surface area contributed by atoms with Crippen LogP contribution in [0, 0.1) is 11.3 Å². The lowest BCUT2D eigenvalue weighted by Crippen LogP contribution is -2.35. The van der Waals surface area contributed by atoms with Gasteiger partial charge in [-0.3, -0.25) is 9.69 Å². The molecule has 0 fully saturated rings. The van der Waals surface area contributed by atoms with Crippen LogP contribution in [0.1, 0.15) is 12.0 Å². The van der Waals surface area contributed by atoms with Crippen LogP contribution in [0.2, 0.25) is 0 Å². The molecule has 2 N–H and O–H groups in total. The molecule has 0 spiro atoms. The van der Waals surface area contributed by atoms with Gasteiger partial charge in [0.1, 0.15) is 6.54 Å². The highest BCUT2D eigenvalue weighted by atomic mass is 16.2. The maximum Gasteiger partial charge on any atom is 0.228 e. The lowest BCUT2D eigenvalue weighted by atomic mass is 10.0. The number of carbonyl (C=O) groups is 1. The third-order valence-corrected chi connectivity index (χ3v) is 2.53. The van der Waals surface area contributed by atoms with Crippen LogP contribution in [0.4, 0.5) is 11.4 Å². The zero-order chi connectivity index (χ0) is 10.8. The van der Waals surface area contributed by atoms with Crippen LogP contribution >= 0.6 is 0 Å². The second-order valence-corrected chi connectivity index (χ2v) is 3.53. The first-order chi connectivity index (χ1) is 7.22. The number of nitrogen functional groups attached to an aromatic ring is 1. The van der Waals surface area contributed by atoms with Gasteiger partial charge in [-0.15, -0.1) is 0 Å². The topological polar surface area (TPSA) is 70.1 Å². The lowest BCUT2D eigenvalue weighted by molar-refractivity contribution is -0.118. The van der Waals surface area contributed by atoms with Crippen LogP contribution in [-0.2, 0) is 11.2 Å². The molecule has 1 aliphatic rings. The van der Waals surface area contributed by atoms with Crippen molar-refractivity contribution in [3.63, 3.8) is 0 Å². The second kappa shape index (κ2) is 3.62. The summed E-state index contributed by atoms with van der Waals surface area (Å²) in [7, 11) is 0. The van der Waals surface area contributed by atoms with E-state index in [0.717, 1.165) is 11.3 Å². The summed E-state index contributed by atoms with van der Waals surface area (Å²) in [5.41, 5.74) is 8.23. The molecule has 0 atom stereocenters. The Hall–Kier alpha value is -2.02. The third kappa shape index (κ3) is 1.64. The number of amides is 1. The Labute approximate surface area is 87.9 Å². The second-order valence-electron chi connectivity index (χ2n) is 3.53. The van der Waals surface area contributed by atoms with E-state index in [4.69, 9.17) is 11.0 Å². The fraction of sp³-hybridized carbons (Fsp3) is 0.273. The number of benzene rings is 1. The number of hydrogen-bond acceptors (Lipinski definition) is 3. The zero-order valence-electron chi connectivity index (χ0n) is 8.23. The van der Waals surface area contributed by atoms with Crippen molar-refractivity contribution in [1.82, 2.24) is 0 Å². The van der Waals surface area contributed by atoms with Crippen molar-refractivity contribution in [3.8, 4) is 6.07 Å². The van der Waals surface area contributed by atoms with Crippen LogP contribution in [0.5, 0.6) is 0 Å². The molecule has 1 amide bonds.